The summed E-state index contributed by atoms with van der Waals surface area (Å²) in [5, 5.41) is 0. The number of carbonyl (C=O) groups is 1. The number of hydrogen-bond acceptors (Lipinski definition) is 4. The van der Waals surface area contributed by atoms with Gasteiger partial charge in [-0.05, 0) is 12.8 Å². The average molecular weight is 204 g/mol. The number of carbonyl (C=O) groups excluding carboxylic acids is 1. The Labute approximate surface area is 85.5 Å². The summed E-state index contributed by atoms with van der Waals surface area (Å²) in [7, 11) is 4.40. The van der Waals surface area contributed by atoms with E-state index in [0.717, 1.165) is 0 Å². The zero-order valence-corrected chi connectivity index (χ0v) is 9.79. The van der Waals surface area contributed by atoms with Gasteiger partial charge in [0, 0.05) is 14.2 Å². The first-order chi connectivity index (χ1) is 6.42. The molecule has 0 heterocycles. The summed E-state index contributed by atoms with van der Waals surface area (Å²) < 4.78 is 15.1. The molecule has 0 aliphatic carbocycles. The number of rotatable bonds is 5. The van der Waals surface area contributed by atoms with Crippen LogP contribution < -0.4 is 0 Å². The van der Waals surface area contributed by atoms with Crippen molar-refractivity contribution in [2.75, 3.05) is 21.3 Å². The molecule has 0 spiro atoms. The van der Waals surface area contributed by atoms with Gasteiger partial charge in [-0.1, -0.05) is 13.8 Å². The van der Waals surface area contributed by atoms with Crippen LogP contribution in [0.4, 0.5) is 0 Å². The molecule has 0 N–H and O–H groups in total. The summed E-state index contributed by atoms with van der Waals surface area (Å²) in [6.07, 6.45) is 0. The molecule has 14 heavy (non-hydrogen) atoms. The van der Waals surface area contributed by atoms with Crippen LogP contribution in [-0.2, 0) is 19.0 Å². The van der Waals surface area contributed by atoms with E-state index >= 15 is 0 Å². The third-order valence-corrected chi connectivity index (χ3v) is 2.50. The van der Waals surface area contributed by atoms with Gasteiger partial charge in [0.2, 0.25) is 0 Å². The van der Waals surface area contributed by atoms with Gasteiger partial charge in [-0.25, -0.2) is 0 Å². The topological polar surface area (TPSA) is 44.8 Å². The van der Waals surface area contributed by atoms with E-state index in [2.05, 4.69) is 0 Å². The fraction of sp³-hybridized carbons (Fsp3) is 0.900. The van der Waals surface area contributed by atoms with E-state index < -0.39 is 11.7 Å². The van der Waals surface area contributed by atoms with Gasteiger partial charge >= 0.3 is 5.97 Å². The Kier molecular flexibility index (Phi) is 5.08. The predicted octanol–water partition coefficient (Wildman–Crippen LogP) is 1.44. The smallest absolute Gasteiger partial charge is 0.314 e. The Hall–Kier alpha value is -0.610. The van der Waals surface area contributed by atoms with Crippen molar-refractivity contribution >= 4 is 5.97 Å². The van der Waals surface area contributed by atoms with Gasteiger partial charge in [-0.15, -0.1) is 0 Å². The van der Waals surface area contributed by atoms with Crippen molar-refractivity contribution in [1.29, 1.82) is 0 Å². The molecular formula is C10H20O4. The van der Waals surface area contributed by atoms with Crippen molar-refractivity contribution in [3.05, 3.63) is 0 Å². The number of ether oxygens (including phenoxy) is 3. The quantitative estimate of drug-likeness (QED) is 0.502. The van der Waals surface area contributed by atoms with Crippen LogP contribution in [0.2, 0.25) is 0 Å². The van der Waals surface area contributed by atoms with Gasteiger partial charge in [0.1, 0.15) is 5.92 Å². The van der Waals surface area contributed by atoms with E-state index in [-0.39, 0.29) is 11.9 Å². The second kappa shape index (κ2) is 5.32. The van der Waals surface area contributed by atoms with Crippen molar-refractivity contribution in [2.45, 2.75) is 26.6 Å². The lowest BCUT2D eigenvalue weighted by atomic mass is 9.88. The molecule has 84 valence electrons. The summed E-state index contributed by atoms with van der Waals surface area (Å²) in [5.74, 6) is -1.58. The summed E-state index contributed by atoms with van der Waals surface area (Å²) in [6, 6.07) is 0. The molecule has 4 heteroatoms. The normalized spacial score (nSPS) is 14.2. The lowest BCUT2D eigenvalue weighted by molar-refractivity contribution is -0.239. The molecule has 1 atom stereocenters. The highest BCUT2D eigenvalue weighted by Gasteiger charge is 2.42. The fourth-order valence-electron chi connectivity index (χ4n) is 1.56. The average Bonchev–Trinajstić information content (AvgIpc) is 2.16. The maximum absolute atomic E-state index is 11.5. The van der Waals surface area contributed by atoms with E-state index in [1.165, 1.54) is 21.3 Å². The van der Waals surface area contributed by atoms with E-state index in [0.29, 0.717) is 0 Å². The van der Waals surface area contributed by atoms with Gasteiger partial charge in [-0.2, -0.15) is 0 Å². The summed E-state index contributed by atoms with van der Waals surface area (Å²) >= 11 is 0. The lowest BCUT2D eigenvalue weighted by Crippen LogP contribution is -2.46. The summed E-state index contributed by atoms with van der Waals surface area (Å²) in [6.45, 7) is 5.59. The molecule has 4 nitrogen and oxygen atoms in total. The van der Waals surface area contributed by atoms with E-state index in [1.807, 2.05) is 13.8 Å². The minimum absolute atomic E-state index is 0.0901. The molecule has 0 amide bonds. The van der Waals surface area contributed by atoms with Gasteiger partial charge in [0.15, 0.2) is 5.79 Å². The van der Waals surface area contributed by atoms with Crippen LogP contribution in [0.5, 0.6) is 0 Å². The largest absolute Gasteiger partial charge is 0.469 e. The molecule has 0 radical (unpaired) electrons. The van der Waals surface area contributed by atoms with E-state index in [1.54, 1.807) is 6.92 Å². The van der Waals surface area contributed by atoms with Crippen LogP contribution in [0.3, 0.4) is 0 Å². The van der Waals surface area contributed by atoms with Crippen LogP contribution in [0.1, 0.15) is 20.8 Å². The Bertz CT molecular complexity index is 185. The number of methoxy groups -OCH3 is 3. The summed E-state index contributed by atoms with van der Waals surface area (Å²) in [5.41, 5.74) is 0. The minimum Gasteiger partial charge on any atom is -0.469 e. The fourth-order valence-corrected chi connectivity index (χ4v) is 1.56. The zero-order valence-electron chi connectivity index (χ0n) is 9.79. The third-order valence-electron chi connectivity index (χ3n) is 2.50. The highest BCUT2D eigenvalue weighted by Crippen LogP contribution is 2.29. The van der Waals surface area contributed by atoms with Crippen LogP contribution >= 0.6 is 0 Å². The van der Waals surface area contributed by atoms with E-state index in [4.69, 9.17) is 14.2 Å². The van der Waals surface area contributed by atoms with Crippen LogP contribution in [-0.4, -0.2) is 33.1 Å². The van der Waals surface area contributed by atoms with Gasteiger partial charge in [0.25, 0.3) is 0 Å². The molecule has 0 fully saturated rings. The standard InChI is InChI=1S/C10H20O4/c1-7(2)8(9(11)12-4)10(3,13-5)14-6/h7-8H,1-6H3. The maximum atomic E-state index is 11.5. The first-order valence-electron chi connectivity index (χ1n) is 4.61. The molecule has 0 bridgehead atoms. The Morgan fingerprint density at radius 2 is 1.57 bits per heavy atom. The summed E-state index contributed by atoms with van der Waals surface area (Å²) in [4.78, 5) is 11.5. The molecule has 0 saturated carbocycles. The lowest BCUT2D eigenvalue weighted by Gasteiger charge is -2.35. The molecular weight excluding hydrogens is 184 g/mol. The Balaban J connectivity index is 4.88. The predicted molar refractivity (Wildman–Crippen MR) is 52.8 cm³/mol. The van der Waals surface area contributed by atoms with E-state index in [9.17, 15) is 4.79 Å². The first kappa shape index (κ1) is 13.4. The van der Waals surface area contributed by atoms with Crippen molar-refractivity contribution in [2.24, 2.45) is 11.8 Å². The second-order valence-electron chi connectivity index (χ2n) is 3.67. The first-order valence-corrected chi connectivity index (χ1v) is 4.61. The van der Waals surface area contributed by atoms with Gasteiger partial charge in [-0.3, -0.25) is 4.79 Å². The highest BCUT2D eigenvalue weighted by molar-refractivity contribution is 5.73. The highest BCUT2D eigenvalue weighted by atomic mass is 16.7. The monoisotopic (exact) mass is 204 g/mol. The second-order valence-corrected chi connectivity index (χ2v) is 3.67. The van der Waals surface area contributed by atoms with Crippen LogP contribution in [0.25, 0.3) is 0 Å². The molecule has 0 aromatic heterocycles. The number of esters is 1. The minimum atomic E-state index is -0.929. The SMILES string of the molecule is COC(=O)C(C(C)C)C(C)(OC)OC. The van der Waals surface area contributed by atoms with Crippen molar-refractivity contribution in [3.63, 3.8) is 0 Å². The van der Waals surface area contributed by atoms with Gasteiger partial charge < -0.3 is 14.2 Å². The van der Waals surface area contributed by atoms with Gasteiger partial charge in [0.05, 0.1) is 7.11 Å². The molecule has 0 rings (SSSR count). The molecule has 0 aromatic rings. The molecule has 0 saturated heterocycles. The van der Waals surface area contributed by atoms with Crippen LogP contribution in [0.15, 0.2) is 0 Å². The zero-order chi connectivity index (χ0) is 11.4. The van der Waals surface area contributed by atoms with Crippen LogP contribution in [0, 0.1) is 11.8 Å². The molecule has 0 aromatic carbocycles. The molecule has 1 unspecified atom stereocenters. The number of hydrogen-bond donors (Lipinski definition) is 0. The third kappa shape index (κ3) is 2.69. The Morgan fingerprint density at radius 3 is 1.79 bits per heavy atom. The van der Waals surface area contributed by atoms with Crippen molar-refractivity contribution in [1.82, 2.24) is 0 Å². The van der Waals surface area contributed by atoms with Crippen molar-refractivity contribution in [3.8, 4) is 0 Å². The Morgan fingerprint density at radius 1 is 1.14 bits per heavy atom. The van der Waals surface area contributed by atoms with Crippen molar-refractivity contribution < 1.29 is 19.0 Å². The molecule has 0 aliphatic rings. The molecule has 0 aliphatic heterocycles. The maximum Gasteiger partial charge on any atom is 0.314 e.